The van der Waals surface area contributed by atoms with Crippen molar-refractivity contribution in [2.24, 2.45) is 0 Å². The molecule has 0 aliphatic rings. The Bertz CT molecular complexity index is 569. The first kappa shape index (κ1) is 12.9. The Balaban J connectivity index is 2.03. The number of nitrogens with one attached hydrogen (secondary N) is 1. The van der Waals surface area contributed by atoms with Gasteiger partial charge in [0, 0.05) is 21.2 Å². The fourth-order valence-electron chi connectivity index (χ4n) is 1.57. The van der Waals surface area contributed by atoms with Gasteiger partial charge in [-0.25, -0.2) is 0 Å². The van der Waals surface area contributed by atoms with Gasteiger partial charge in [-0.1, -0.05) is 24.3 Å². The molecule has 0 saturated heterocycles. The minimum absolute atomic E-state index is 0.142. The molecule has 0 spiro atoms. The zero-order chi connectivity index (χ0) is 13.0. The lowest BCUT2D eigenvalue weighted by Gasteiger charge is -2.07. The van der Waals surface area contributed by atoms with Crippen LogP contribution in [0.5, 0.6) is 5.75 Å². The molecule has 0 atom stereocenters. The molecule has 0 heterocycles. The molecule has 2 rings (SSSR count). The van der Waals surface area contributed by atoms with E-state index >= 15 is 0 Å². The van der Waals surface area contributed by atoms with Gasteiger partial charge >= 0.3 is 0 Å². The van der Waals surface area contributed by atoms with Crippen molar-refractivity contribution in [3.8, 4) is 5.75 Å². The van der Waals surface area contributed by atoms with Gasteiger partial charge < -0.3 is 10.4 Å². The van der Waals surface area contributed by atoms with Crippen LogP contribution in [0.1, 0.15) is 15.9 Å². The number of carbonyl (C=O) groups is 1. The van der Waals surface area contributed by atoms with Gasteiger partial charge in [0.1, 0.15) is 5.75 Å². The van der Waals surface area contributed by atoms with Crippen molar-refractivity contribution in [1.82, 2.24) is 5.32 Å². The number of hydrogen-bond donors (Lipinski definition) is 2. The maximum Gasteiger partial charge on any atom is 0.251 e. The Hall–Kier alpha value is -1.56. The van der Waals surface area contributed by atoms with Crippen molar-refractivity contribution >= 4 is 28.5 Å². The SMILES string of the molecule is O=C(NCc1ccccc1O)c1cccc(I)c1. The lowest BCUT2D eigenvalue weighted by atomic mass is 10.2. The topological polar surface area (TPSA) is 49.3 Å². The monoisotopic (exact) mass is 353 g/mol. The molecule has 0 aromatic heterocycles. The van der Waals surface area contributed by atoms with Crippen molar-refractivity contribution in [1.29, 1.82) is 0 Å². The van der Waals surface area contributed by atoms with E-state index in [4.69, 9.17) is 0 Å². The van der Waals surface area contributed by atoms with Gasteiger partial charge in [-0.15, -0.1) is 0 Å². The number of aromatic hydroxyl groups is 1. The number of rotatable bonds is 3. The van der Waals surface area contributed by atoms with Crippen LogP contribution in [0.25, 0.3) is 0 Å². The zero-order valence-electron chi connectivity index (χ0n) is 9.56. The summed E-state index contributed by atoms with van der Waals surface area (Å²) in [4.78, 5) is 11.9. The number of benzene rings is 2. The third-order valence-corrected chi connectivity index (χ3v) is 3.19. The number of hydrogen-bond acceptors (Lipinski definition) is 2. The van der Waals surface area contributed by atoms with Gasteiger partial charge in [0.2, 0.25) is 0 Å². The van der Waals surface area contributed by atoms with Crippen LogP contribution < -0.4 is 5.32 Å². The van der Waals surface area contributed by atoms with Crippen LogP contribution in [0.4, 0.5) is 0 Å². The first-order valence-corrected chi connectivity index (χ1v) is 6.55. The lowest BCUT2D eigenvalue weighted by molar-refractivity contribution is 0.0950. The summed E-state index contributed by atoms with van der Waals surface area (Å²) in [5, 5.41) is 12.4. The molecule has 2 aromatic rings. The molecule has 0 saturated carbocycles. The average molecular weight is 353 g/mol. The second-order valence-electron chi connectivity index (χ2n) is 3.82. The highest BCUT2D eigenvalue weighted by molar-refractivity contribution is 14.1. The minimum Gasteiger partial charge on any atom is -0.508 e. The lowest BCUT2D eigenvalue weighted by Crippen LogP contribution is -2.22. The van der Waals surface area contributed by atoms with Crippen LogP contribution in [0, 0.1) is 3.57 Å². The number of halogens is 1. The molecule has 0 radical (unpaired) electrons. The van der Waals surface area contributed by atoms with E-state index < -0.39 is 0 Å². The summed E-state index contributed by atoms with van der Waals surface area (Å²) < 4.78 is 1.02. The Morgan fingerprint density at radius 1 is 1.17 bits per heavy atom. The van der Waals surface area contributed by atoms with E-state index in [1.165, 1.54) is 0 Å². The zero-order valence-corrected chi connectivity index (χ0v) is 11.7. The van der Waals surface area contributed by atoms with E-state index in [0.29, 0.717) is 17.7 Å². The number of para-hydroxylation sites is 1. The highest BCUT2D eigenvalue weighted by Crippen LogP contribution is 2.15. The van der Waals surface area contributed by atoms with E-state index in [2.05, 4.69) is 27.9 Å². The van der Waals surface area contributed by atoms with E-state index in [1.54, 1.807) is 24.3 Å². The van der Waals surface area contributed by atoms with Crippen molar-refractivity contribution in [2.45, 2.75) is 6.54 Å². The molecule has 0 aliphatic heterocycles. The van der Waals surface area contributed by atoms with E-state index in [9.17, 15) is 9.90 Å². The summed E-state index contributed by atoms with van der Waals surface area (Å²) in [5.74, 6) is 0.0530. The number of phenols is 1. The average Bonchev–Trinajstić information content (AvgIpc) is 2.37. The van der Waals surface area contributed by atoms with Crippen molar-refractivity contribution < 1.29 is 9.90 Å². The Morgan fingerprint density at radius 2 is 1.94 bits per heavy atom. The maximum absolute atomic E-state index is 11.9. The third kappa shape index (κ3) is 3.22. The van der Waals surface area contributed by atoms with Crippen LogP contribution in [0.2, 0.25) is 0 Å². The van der Waals surface area contributed by atoms with Gasteiger partial charge in [-0.05, 0) is 46.9 Å². The fourth-order valence-corrected chi connectivity index (χ4v) is 2.11. The fraction of sp³-hybridized carbons (Fsp3) is 0.0714. The molecule has 2 N–H and O–H groups in total. The molecule has 0 bridgehead atoms. The summed E-state index contributed by atoms with van der Waals surface area (Å²) in [5.41, 5.74) is 1.33. The predicted octanol–water partition coefficient (Wildman–Crippen LogP) is 2.93. The van der Waals surface area contributed by atoms with Crippen LogP contribution >= 0.6 is 22.6 Å². The molecular formula is C14H12INO2. The van der Waals surface area contributed by atoms with Crippen LogP contribution in [-0.4, -0.2) is 11.0 Å². The second-order valence-corrected chi connectivity index (χ2v) is 5.07. The standard InChI is InChI=1S/C14H12INO2/c15-12-6-3-5-10(8-12)14(18)16-9-11-4-1-2-7-13(11)17/h1-8,17H,9H2,(H,16,18). The molecule has 1 amide bonds. The number of amides is 1. The molecule has 3 nitrogen and oxygen atoms in total. The number of phenolic OH excluding ortho intramolecular Hbond substituents is 1. The largest absolute Gasteiger partial charge is 0.508 e. The van der Waals surface area contributed by atoms with Crippen molar-refractivity contribution in [2.75, 3.05) is 0 Å². The van der Waals surface area contributed by atoms with Crippen molar-refractivity contribution in [3.05, 3.63) is 63.2 Å². The molecular weight excluding hydrogens is 341 g/mol. The highest BCUT2D eigenvalue weighted by atomic mass is 127. The van der Waals surface area contributed by atoms with Gasteiger partial charge in [0.15, 0.2) is 0 Å². The Morgan fingerprint density at radius 3 is 2.67 bits per heavy atom. The van der Waals surface area contributed by atoms with Gasteiger partial charge in [-0.3, -0.25) is 4.79 Å². The predicted molar refractivity (Wildman–Crippen MR) is 78.4 cm³/mol. The maximum atomic E-state index is 11.9. The first-order chi connectivity index (χ1) is 8.66. The van der Waals surface area contributed by atoms with Crippen LogP contribution in [0.15, 0.2) is 48.5 Å². The van der Waals surface area contributed by atoms with E-state index in [-0.39, 0.29) is 11.7 Å². The Kier molecular flexibility index (Phi) is 4.19. The summed E-state index contributed by atoms with van der Waals surface area (Å²) >= 11 is 2.16. The summed E-state index contributed by atoms with van der Waals surface area (Å²) in [6.07, 6.45) is 0. The number of carbonyl (C=O) groups excluding carboxylic acids is 1. The third-order valence-electron chi connectivity index (χ3n) is 2.52. The van der Waals surface area contributed by atoms with Crippen molar-refractivity contribution in [3.63, 3.8) is 0 Å². The molecule has 0 unspecified atom stereocenters. The Labute approximate surface area is 119 Å². The minimum atomic E-state index is -0.142. The molecule has 4 heteroatoms. The van der Waals surface area contributed by atoms with Gasteiger partial charge in [0.05, 0.1) is 0 Å². The molecule has 0 aliphatic carbocycles. The normalized spacial score (nSPS) is 10.1. The van der Waals surface area contributed by atoms with E-state index in [0.717, 1.165) is 3.57 Å². The van der Waals surface area contributed by atoms with Gasteiger partial charge in [0.25, 0.3) is 5.91 Å². The highest BCUT2D eigenvalue weighted by Gasteiger charge is 2.06. The van der Waals surface area contributed by atoms with Crippen LogP contribution in [-0.2, 0) is 6.54 Å². The summed E-state index contributed by atoms with van der Waals surface area (Å²) in [6, 6.07) is 14.3. The molecule has 0 fully saturated rings. The second kappa shape index (κ2) is 5.86. The van der Waals surface area contributed by atoms with E-state index in [1.807, 2.05) is 24.3 Å². The smallest absolute Gasteiger partial charge is 0.251 e. The molecule has 92 valence electrons. The molecule has 2 aromatic carbocycles. The quantitative estimate of drug-likeness (QED) is 0.834. The molecule has 18 heavy (non-hydrogen) atoms. The van der Waals surface area contributed by atoms with Crippen LogP contribution in [0.3, 0.4) is 0 Å². The first-order valence-electron chi connectivity index (χ1n) is 5.47. The summed E-state index contributed by atoms with van der Waals surface area (Å²) in [6.45, 7) is 0.316. The summed E-state index contributed by atoms with van der Waals surface area (Å²) in [7, 11) is 0. The van der Waals surface area contributed by atoms with Gasteiger partial charge in [-0.2, -0.15) is 0 Å².